The molecule has 0 fully saturated rings. The van der Waals surface area contributed by atoms with Gasteiger partial charge in [-0.2, -0.15) is 0 Å². The Morgan fingerprint density at radius 3 is 2.16 bits per heavy atom. The maximum atomic E-state index is 12.0. The molecule has 25 heavy (non-hydrogen) atoms. The van der Waals surface area contributed by atoms with Crippen LogP contribution in [0.2, 0.25) is 0 Å². The minimum Gasteiger partial charge on any atom is -0.497 e. The summed E-state index contributed by atoms with van der Waals surface area (Å²) >= 11 is 0. The van der Waals surface area contributed by atoms with Crippen molar-refractivity contribution in [3.05, 3.63) is 59.2 Å². The third kappa shape index (κ3) is 4.91. The third-order valence-electron chi connectivity index (χ3n) is 3.65. The number of hydrogen-bond donors (Lipinski definition) is 2. The number of hydrogen-bond acceptors (Lipinski definition) is 4. The number of sulfonamides is 1. The zero-order valence-electron chi connectivity index (χ0n) is 14.2. The second kappa shape index (κ2) is 7.50. The summed E-state index contributed by atoms with van der Waals surface area (Å²) in [7, 11) is -2.14. The first-order chi connectivity index (χ1) is 11.7. The monoisotopic (exact) mass is 360 g/mol. The quantitative estimate of drug-likeness (QED) is 0.801. The fourth-order valence-corrected chi connectivity index (χ4v) is 2.90. The van der Waals surface area contributed by atoms with Crippen molar-refractivity contribution in [2.75, 3.05) is 12.4 Å². The van der Waals surface area contributed by atoms with Gasteiger partial charge in [0.25, 0.3) is 0 Å². The van der Waals surface area contributed by atoms with Crippen LogP contribution in [0.5, 0.6) is 5.75 Å². The standard InChI is InChI=1S/C18H20N2O4S/c1-12-10-15(24-3)11-13(2)17(12)8-9-18(21)20-14-4-6-16(7-5-14)25(19,22)23/h4-11H,1-3H3,(H,20,21)(H2,19,22,23)/b9-8+. The van der Waals surface area contributed by atoms with Crippen molar-refractivity contribution in [2.24, 2.45) is 5.14 Å². The predicted molar refractivity (Wildman–Crippen MR) is 97.9 cm³/mol. The molecule has 132 valence electrons. The summed E-state index contributed by atoms with van der Waals surface area (Å²) in [5, 5.41) is 7.70. The first-order valence-corrected chi connectivity index (χ1v) is 9.02. The summed E-state index contributed by atoms with van der Waals surface area (Å²) in [6.07, 6.45) is 3.16. The molecule has 0 aliphatic rings. The van der Waals surface area contributed by atoms with Crippen LogP contribution in [0.4, 0.5) is 5.69 Å². The number of aryl methyl sites for hydroxylation is 2. The zero-order valence-corrected chi connectivity index (χ0v) is 15.1. The molecule has 2 aromatic rings. The van der Waals surface area contributed by atoms with Crippen LogP contribution in [0.3, 0.4) is 0 Å². The number of nitrogens with two attached hydrogens (primary N) is 1. The fraction of sp³-hybridized carbons (Fsp3) is 0.167. The molecule has 3 N–H and O–H groups in total. The molecule has 0 radical (unpaired) electrons. The van der Waals surface area contributed by atoms with Gasteiger partial charge < -0.3 is 10.1 Å². The minimum absolute atomic E-state index is 0.00877. The Hall–Kier alpha value is -2.64. The average Bonchev–Trinajstić information content (AvgIpc) is 2.53. The summed E-state index contributed by atoms with van der Waals surface area (Å²) in [6.45, 7) is 3.89. The van der Waals surface area contributed by atoms with Gasteiger partial charge in [0.05, 0.1) is 12.0 Å². The Bertz CT molecular complexity index is 894. The number of primary sulfonamides is 1. The van der Waals surface area contributed by atoms with E-state index < -0.39 is 10.0 Å². The predicted octanol–water partition coefficient (Wildman–Crippen LogP) is 2.61. The number of anilines is 1. The van der Waals surface area contributed by atoms with Gasteiger partial charge in [0.2, 0.25) is 15.9 Å². The first kappa shape index (κ1) is 18.7. The lowest BCUT2D eigenvalue weighted by molar-refractivity contribution is -0.111. The van der Waals surface area contributed by atoms with Gasteiger partial charge in [0.15, 0.2) is 0 Å². The highest BCUT2D eigenvalue weighted by Gasteiger charge is 2.08. The minimum atomic E-state index is -3.75. The molecule has 0 aromatic heterocycles. The largest absolute Gasteiger partial charge is 0.497 e. The maximum absolute atomic E-state index is 12.0. The van der Waals surface area contributed by atoms with Gasteiger partial charge in [-0.25, -0.2) is 13.6 Å². The first-order valence-electron chi connectivity index (χ1n) is 7.48. The van der Waals surface area contributed by atoms with Gasteiger partial charge in [-0.1, -0.05) is 0 Å². The van der Waals surface area contributed by atoms with Gasteiger partial charge in [-0.05, 0) is 73.0 Å². The van der Waals surface area contributed by atoms with Gasteiger partial charge in [0.1, 0.15) is 5.75 Å². The highest BCUT2D eigenvalue weighted by Crippen LogP contribution is 2.22. The van der Waals surface area contributed by atoms with E-state index in [1.54, 1.807) is 13.2 Å². The molecule has 1 amide bonds. The van der Waals surface area contributed by atoms with Crippen LogP contribution in [-0.2, 0) is 14.8 Å². The summed E-state index contributed by atoms with van der Waals surface area (Å²) in [4.78, 5) is 12.0. The van der Waals surface area contributed by atoms with E-state index in [0.717, 1.165) is 22.4 Å². The Labute approximate surface area is 147 Å². The van der Waals surface area contributed by atoms with E-state index in [4.69, 9.17) is 9.88 Å². The highest BCUT2D eigenvalue weighted by molar-refractivity contribution is 7.89. The summed E-state index contributed by atoms with van der Waals surface area (Å²) in [5.41, 5.74) is 3.42. The molecule has 0 heterocycles. The molecule has 2 aromatic carbocycles. The van der Waals surface area contributed by atoms with Crippen LogP contribution in [0, 0.1) is 13.8 Å². The molecule has 0 spiro atoms. The maximum Gasteiger partial charge on any atom is 0.248 e. The van der Waals surface area contributed by atoms with Crippen molar-refractivity contribution in [1.82, 2.24) is 0 Å². The van der Waals surface area contributed by atoms with Crippen LogP contribution in [-0.4, -0.2) is 21.4 Å². The normalized spacial score (nSPS) is 11.5. The van der Waals surface area contributed by atoms with Crippen LogP contribution in [0.15, 0.2) is 47.4 Å². The fourth-order valence-electron chi connectivity index (χ4n) is 2.39. The van der Waals surface area contributed by atoms with E-state index in [0.29, 0.717) is 5.69 Å². The van der Waals surface area contributed by atoms with E-state index in [-0.39, 0.29) is 10.8 Å². The molecule has 7 heteroatoms. The second-order valence-corrected chi connectivity index (χ2v) is 7.13. The average molecular weight is 360 g/mol. The topological polar surface area (TPSA) is 98.5 Å². The van der Waals surface area contributed by atoms with Crippen molar-refractivity contribution in [2.45, 2.75) is 18.7 Å². The molecular weight excluding hydrogens is 340 g/mol. The summed E-state index contributed by atoms with van der Waals surface area (Å²) < 4.78 is 27.6. The van der Waals surface area contributed by atoms with Crippen molar-refractivity contribution >= 4 is 27.7 Å². The smallest absolute Gasteiger partial charge is 0.248 e. The van der Waals surface area contributed by atoms with Gasteiger partial charge in [-0.15, -0.1) is 0 Å². The van der Waals surface area contributed by atoms with E-state index >= 15 is 0 Å². The van der Waals surface area contributed by atoms with Crippen LogP contribution in [0.25, 0.3) is 6.08 Å². The number of carbonyl (C=O) groups excluding carboxylic acids is 1. The summed E-state index contributed by atoms with van der Waals surface area (Å²) in [5.74, 6) is 0.449. The number of nitrogens with one attached hydrogen (secondary N) is 1. The lowest BCUT2D eigenvalue weighted by atomic mass is 10.0. The van der Waals surface area contributed by atoms with Gasteiger partial charge >= 0.3 is 0 Å². The number of amides is 1. The number of ether oxygens (including phenoxy) is 1. The van der Waals surface area contributed by atoms with E-state index in [2.05, 4.69) is 5.32 Å². The van der Waals surface area contributed by atoms with Crippen molar-refractivity contribution in [1.29, 1.82) is 0 Å². The Morgan fingerprint density at radius 1 is 1.12 bits per heavy atom. The molecule has 0 aliphatic carbocycles. The van der Waals surface area contributed by atoms with E-state index in [9.17, 15) is 13.2 Å². The van der Waals surface area contributed by atoms with E-state index in [1.807, 2.05) is 26.0 Å². The molecule has 0 unspecified atom stereocenters. The van der Waals surface area contributed by atoms with E-state index in [1.165, 1.54) is 30.3 Å². The molecule has 0 saturated carbocycles. The number of rotatable bonds is 5. The molecule has 0 atom stereocenters. The molecule has 0 saturated heterocycles. The molecule has 6 nitrogen and oxygen atoms in total. The second-order valence-electron chi connectivity index (χ2n) is 5.57. The third-order valence-corrected chi connectivity index (χ3v) is 4.58. The SMILES string of the molecule is COc1cc(C)c(/C=C/C(=O)Nc2ccc(S(N)(=O)=O)cc2)c(C)c1. The van der Waals surface area contributed by atoms with Crippen molar-refractivity contribution < 1.29 is 17.9 Å². The van der Waals surface area contributed by atoms with Crippen molar-refractivity contribution in [3.8, 4) is 5.75 Å². The molecule has 0 aliphatic heterocycles. The molecular formula is C18H20N2O4S. The van der Waals surface area contributed by atoms with Crippen molar-refractivity contribution in [3.63, 3.8) is 0 Å². The van der Waals surface area contributed by atoms with Gasteiger partial charge in [-0.3, -0.25) is 4.79 Å². The van der Waals surface area contributed by atoms with Crippen LogP contribution >= 0.6 is 0 Å². The van der Waals surface area contributed by atoms with Gasteiger partial charge in [0, 0.05) is 11.8 Å². The van der Waals surface area contributed by atoms with Crippen LogP contribution in [0.1, 0.15) is 16.7 Å². The number of carbonyl (C=O) groups is 1. The Balaban J connectivity index is 2.11. The number of methoxy groups -OCH3 is 1. The Morgan fingerprint density at radius 2 is 1.68 bits per heavy atom. The lowest BCUT2D eigenvalue weighted by Gasteiger charge is -2.09. The summed E-state index contributed by atoms with van der Waals surface area (Å²) in [6, 6.07) is 9.44. The molecule has 2 rings (SSSR count). The number of benzene rings is 2. The Kier molecular flexibility index (Phi) is 5.61. The zero-order chi connectivity index (χ0) is 18.6. The van der Waals surface area contributed by atoms with Crippen LogP contribution < -0.4 is 15.2 Å². The lowest BCUT2D eigenvalue weighted by Crippen LogP contribution is -2.12. The highest BCUT2D eigenvalue weighted by atomic mass is 32.2. The molecule has 0 bridgehead atoms.